The highest BCUT2D eigenvalue weighted by molar-refractivity contribution is 6.32. The Morgan fingerprint density at radius 3 is 2.66 bits per heavy atom. The van der Waals surface area contributed by atoms with Crippen LogP contribution in [0, 0.1) is 10.1 Å². The number of nitro groups is 1. The Labute approximate surface area is 206 Å². The average Bonchev–Trinajstić information content (AvgIpc) is 3.25. The Morgan fingerprint density at radius 2 is 1.94 bits per heavy atom. The van der Waals surface area contributed by atoms with Crippen LogP contribution in [0.4, 0.5) is 17.2 Å². The average molecular weight is 492 g/mol. The van der Waals surface area contributed by atoms with E-state index in [-0.39, 0.29) is 17.5 Å². The third kappa shape index (κ3) is 5.11. The molecule has 1 N–H and O–H groups in total. The molecule has 35 heavy (non-hydrogen) atoms. The summed E-state index contributed by atoms with van der Waals surface area (Å²) in [7, 11) is 2.00. The molecule has 5 rings (SSSR count). The Bertz CT molecular complexity index is 1390. The Morgan fingerprint density at radius 1 is 1.11 bits per heavy atom. The van der Waals surface area contributed by atoms with Crippen molar-refractivity contribution in [1.29, 1.82) is 0 Å². The van der Waals surface area contributed by atoms with Gasteiger partial charge in [0.25, 0.3) is 0 Å². The van der Waals surface area contributed by atoms with Crippen LogP contribution in [0.1, 0.15) is 6.42 Å². The van der Waals surface area contributed by atoms with E-state index in [2.05, 4.69) is 20.2 Å². The number of nitrogens with zero attached hydrogens (tertiary/aromatic N) is 4. The normalized spacial score (nSPS) is 15.8. The summed E-state index contributed by atoms with van der Waals surface area (Å²) in [5, 5.41) is 15.9. The van der Waals surface area contributed by atoms with E-state index >= 15 is 0 Å². The van der Waals surface area contributed by atoms with Crippen LogP contribution in [0.2, 0.25) is 5.02 Å². The van der Waals surface area contributed by atoms with Crippen molar-refractivity contribution in [2.45, 2.75) is 12.5 Å². The number of nitrogens with one attached hydrogen (secondary N) is 1. The molecule has 9 nitrogen and oxygen atoms in total. The lowest BCUT2D eigenvalue weighted by Gasteiger charge is -2.15. The van der Waals surface area contributed by atoms with E-state index in [4.69, 9.17) is 21.1 Å². The molecule has 1 fully saturated rings. The number of anilines is 2. The maximum absolute atomic E-state index is 11.8. The Balaban J connectivity index is 1.43. The molecule has 1 aliphatic heterocycles. The topological polar surface area (TPSA) is 103 Å². The van der Waals surface area contributed by atoms with Crippen molar-refractivity contribution >= 4 is 39.7 Å². The standard InChI is InChI=1S/C25H22ClN5O4/c1-30-10-9-18(14-30)35-24-13-21-19(12-22(24)31(32)33)25(28-15-27-21)29-16-7-8-23(20(26)11-16)34-17-5-3-2-4-6-17/h2-8,11-13,15,18H,9-10,14H2,1H3,(H,27,28,29). The molecular formula is C25H22ClN5O4. The second-order valence-electron chi connectivity index (χ2n) is 8.29. The first kappa shape index (κ1) is 22.8. The number of hydrogen-bond donors (Lipinski definition) is 1. The predicted octanol–water partition coefficient (Wildman–Crippen LogP) is 5.81. The van der Waals surface area contributed by atoms with E-state index in [0.29, 0.717) is 38.9 Å². The minimum atomic E-state index is -0.448. The molecule has 0 spiro atoms. The first-order chi connectivity index (χ1) is 17.0. The van der Waals surface area contributed by atoms with Gasteiger partial charge in [0.15, 0.2) is 5.75 Å². The van der Waals surface area contributed by atoms with E-state index in [0.717, 1.165) is 19.5 Å². The molecule has 0 amide bonds. The number of nitro benzene ring substituents is 1. The zero-order valence-electron chi connectivity index (χ0n) is 18.8. The number of benzene rings is 3. The van der Waals surface area contributed by atoms with E-state index in [1.165, 1.54) is 12.4 Å². The lowest BCUT2D eigenvalue weighted by Crippen LogP contribution is -2.21. The molecule has 10 heteroatoms. The molecule has 178 valence electrons. The largest absolute Gasteiger partial charge is 0.482 e. The van der Waals surface area contributed by atoms with Gasteiger partial charge in [-0.25, -0.2) is 9.97 Å². The van der Waals surface area contributed by atoms with Gasteiger partial charge in [-0.05, 0) is 43.8 Å². The number of ether oxygens (including phenoxy) is 2. The van der Waals surface area contributed by atoms with Crippen LogP contribution < -0.4 is 14.8 Å². The van der Waals surface area contributed by atoms with Gasteiger partial charge >= 0.3 is 5.69 Å². The Kier molecular flexibility index (Phi) is 6.35. The molecular weight excluding hydrogens is 470 g/mol. The minimum Gasteiger partial charge on any atom is -0.482 e. The first-order valence-electron chi connectivity index (χ1n) is 11.0. The highest BCUT2D eigenvalue weighted by Crippen LogP contribution is 2.37. The van der Waals surface area contributed by atoms with Crippen LogP contribution in [0.5, 0.6) is 17.2 Å². The van der Waals surface area contributed by atoms with E-state index < -0.39 is 4.92 Å². The van der Waals surface area contributed by atoms with Crippen LogP contribution in [-0.4, -0.2) is 46.0 Å². The van der Waals surface area contributed by atoms with Crippen molar-refractivity contribution in [3.8, 4) is 17.2 Å². The number of rotatable bonds is 7. The lowest BCUT2D eigenvalue weighted by atomic mass is 10.2. The molecule has 0 aliphatic carbocycles. The molecule has 3 aromatic carbocycles. The number of para-hydroxylation sites is 1. The van der Waals surface area contributed by atoms with Crippen molar-refractivity contribution in [3.63, 3.8) is 0 Å². The Hall–Kier alpha value is -3.95. The van der Waals surface area contributed by atoms with Gasteiger partial charge in [0, 0.05) is 30.9 Å². The van der Waals surface area contributed by atoms with Crippen LogP contribution in [-0.2, 0) is 0 Å². The number of halogens is 1. The summed E-state index contributed by atoms with van der Waals surface area (Å²) in [6.07, 6.45) is 2.11. The number of aromatic nitrogens is 2. The molecule has 1 unspecified atom stereocenters. The van der Waals surface area contributed by atoms with Crippen molar-refractivity contribution in [2.24, 2.45) is 0 Å². The number of likely N-dealkylation sites (tertiary alicyclic amines) is 1. The maximum atomic E-state index is 11.8. The predicted molar refractivity (Wildman–Crippen MR) is 134 cm³/mol. The van der Waals surface area contributed by atoms with Crippen LogP contribution >= 0.6 is 11.6 Å². The highest BCUT2D eigenvalue weighted by atomic mass is 35.5. The summed E-state index contributed by atoms with van der Waals surface area (Å²) in [4.78, 5) is 22.1. The molecule has 2 heterocycles. The van der Waals surface area contributed by atoms with Crippen molar-refractivity contribution in [3.05, 3.63) is 82.1 Å². The summed E-state index contributed by atoms with van der Waals surface area (Å²) in [5.74, 6) is 1.80. The fourth-order valence-electron chi connectivity index (χ4n) is 3.99. The van der Waals surface area contributed by atoms with Gasteiger partial charge in [-0.15, -0.1) is 0 Å². The molecule has 1 saturated heterocycles. The van der Waals surface area contributed by atoms with Crippen molar-refractivity contribution in [2.75, 3.05) is 25.5 Å². The van der Waals surface area contributed by atoms with Crippen LogP contribution in [0.3, 0.4) is 0 Å². The smallest absolute Gasteiger partial charge is 0.311 e. The zero-order valence-corrected chi connectivity index (χ0v) is 19.6. The van der Waals surface area contributed by atoms with E-state index in [1.54, 1.807) is 24.3 Å². The number of fused-ring (bicyclic) bond motifs is 1. The van der Waals surface area contributed by atoms with Gasteiger partial charge in [0.2, 0.25) is 0 Å². The lowest BCUT2D eigenvalue weighted by molar-refractivity contribution is -0.385. The van der Waals surface area contributed by atoms with Gasteiger partial charge < -0.3 is 19.7 Å². The molecule has 1 atom stereocenters. The fraction of sp³-hybridized carbons (Fsp3) is 0.200. The van der Waals surface area contributed by atoms with Crippen LogP contribution in [0.15, 0.2) is 67.0 Å². The van der Waals surface area contributed by atoms with Crippen molar-refractivity contribution in [1.82, 2.24) is 14.9 Å². The fourth-order valence-corrected chi connectivity index (χ4v) is 4.21. The third-order valence-electron chi connectivity index (χ3n) is 5.72. The molecule has 1 aromatic heterocycles. The van der Waals surface area contributed by atoms with E-state index in [1.807, 2.05) is 37.4 Å². The summed E-state index contributed by atoms with van der Waals surface area (Å²) in [6, 6.07) is 17.6. The summed E-state index contributed by atoms with van der Waals surface area (Å²) < 4.78 is 11.8. The van der Waals surface area contributed by atoms with E-state index in [9.17, 15) is 10.1 Å². The van der Waals surface area contributed by atoms with Gasteiger partial charge in [-0.2, -0.15) is 0 Å². The second kappa shape index (κ2) is 9.73. The quantitative estimate of drug-likeness (QED) is 0.255. The molecule has 0 radical (unpaired) electrons. The molecule has 4 aromatic rings. The SMILES string of the molecule is CN1CCC(Oc2cc3ncnc(Nc4ccc(Oc5ccccc5)c(Cl)c4)c3cc2[N+](=O)[O-])C1. The molecule has 0 saturated carbocycles. The summed E-state index contributed by atoms with van der Waals surface area (Å²) >= 11 is 6.44. The summed E-state index contributed by atoms with van der Waals surface area (Å²) in [6.45, 7) is 1.61. The van der Waals surface area contributed by atoms with Crippen LogP contribution in [0.25, 0.3) is 10.9 Å². The second-order valence-corrected chi connectivity index (χ2v) is 8.70. The number of likely N-dealkylation sites (N-methyl/N-ethyl adjacent to an activating group) is 1. The van der Waals surface area contributed by atoms with Crippen molar-refractivity contribution < 1.29 is 14.4 Å². The van der Waals surface area contributed by atoms with Gasteiger partial charge in [0.1, 0.15) is 29.7 Å². The molecule has 0 bridgehead atoms. The highest BCUT2D eigenvalue weighted by Gasteiger charge is 2.26. The monoisotopic (exact) mass is 491 g/mol. The number of hydrogen-bond acceptors (Lipinski definition) is 8. The molecule has 1 aliphatic rings. The summed E-state index contributed by atoms with van der Waals surface area (Å²) in [5.41, 5.74) is 1.05. The minimum absolute atomic E-state index is 0.102. The third-order valence-corrected chi connectivity index (χ3v) is 6.02. The van der Waals surface area contributed by atoms with Gasteiger partial charge in [-0.3, -0.25) is 10.1 Å². The van der Waals surface area contributed by atoms with Gasteiger partial charge in [0.05, 0.1) is 20.8 Å². The first-order valence-corrected chi connectivity index (χ1v) is 11.4. The van der Waals surface area contributed by atoms with Gasteiger partial charge in [-0.1, -0.05) is 29.8 Å². The zero-order chi connectivity index (χ0) is 24.4. The maximum Gasteiger partial charge on any atom is 0.311 e.